The molecule has 0 aliphatic carbocycles. The van der Waals surface area contributed by atoms with Crippen LogP contribution in [0.3, 0.4) is 0 Å². The number of H-pyrrole nitrogens is 1. The summed E-state index contributed by atoms with van der Waals surface area (Å²) in [6, 6.07) is 13.2. The van der Waals surface area contributed by atoms with Crippen molar-refractivity contribution in [3.05, 3.63) is 68.0 Å². The Labute approximate surface area is 137 Å². The van der Waals surface area contributed by atoms with Crippen LogP contribution in [0.2, 0.25) is 0 Å². The number of hydrogen-bond acceptors (Lipinski definition) is 3. The fourth-order valence-electron chi connectivity index (χ4n) is 2.11. The number of nitrogens with one attached hydrogen (secondary N) is 1. The second kappa shape index (κ2) is 5.87. The molecule has 0 aliphatic rings. The van der Waals surface area contributed by atoms with E-state index in [2.05, 4.69) is 20.9 Å². The highest BCUT2D eigenvalue weighted by Crippen LogP contribution is 2.33. The maximum atomic E-state index is 13.0. The summed E-state index contributed by atoms with van der Waals surface area (Å²) in [7, 11) is 0. The molecule has 0 spiro atoms. The summed E-state index contributed by atoms with van der Waals surface area (Å²) in [6.07, 6.45) is 0. The molecule has 2 heterocycles. The number of benzene rings is 1. The lowest BCUT2D eigenvalue weighted by Crippen LogP contribution is -2.12. The van der Waals surface area contributed by atoms with Crippen molar-refractivity contribution < 1.29 is 4.39 Å². The maximum Gasteiger partial charge on any atom is 0.267 e. The molecule has 0 aliphatic heterocycles. The predicted octanol–water partition coefficient (Wildman–Crippen LogP) is 4.54. The minimum Gasteiger partial charge on any atom is -0.321 e. The molecular formula is C16H8BrFN2OS. The fourth-order valence-corrected chi connectivity index (χ4v) is 3.52. The molecule has 108 valence electrons. The molecule has 3 rings (SSSR count). The van der Waals surface area contributed by atoms with Crippen molar-refractivity contribution in [2.24, 2.45) is 0 Å². The Bertz CT molecular complexity index is 938. The average molecular weight is 375 g/mol. The first-order valence-electron chi connectivity index (χ1n) is 6.27. The van der Waals surface area contributed by atoms with Gasteiger partial charge in [-0.1, -0.05) is 0 Å². The van der Waals surface area contributed by atoms with Crippen LogP contribution in [0.25, 0.3) is 21.7 Å². The summed E-state index contributed by atoms with van der Waals surface area (Å²) in [5.74, 6) is -0.345. The minimum absolute atomic E-state index is 0.0696. The van der Waals surface area contributed by atoms with Gasteiger partial charge in [0.05, 0.1) is 3.79 Å². The van der Waals surface area contributed by atoms with Gasteiger partial charge in [0, 0.05) is 16.1 Å². The van der Waals surface area contributed by atoms with E-state index in [1.807, 2.05) is 18.2 Å². The van der Waals surface area contributed by atoms with Crippen LogP contribution in [0.5, 0.6) is 0 Å². The Morgan fingerprint density at radius 3 is 2.50 bits per heavy atom. The molecule has 3 nitrogen and oxygen atoms in total. The second-order valence-electron chi connectivity index (χ2n) is 4.52. The monoisotopic (exact) mass is 374 g/mol. The highest BCUT2D eigenvalue weighted by Gasteiger charge is 2.14. The van der Waals surface area contributed by atoms with E-state index >= 15 is 0 Å². The molecular weight excluding hydrogens is 367 g/mol. The molecule has 1 aromatic carbocycles. The Morgan fingerprint density at radius 2 is 1.91 bits per heavy atom. The average Bonchev–Trinajstić information content (AvgIpc) is 2.93. The zero-order valence-electron chi connectivity index (χ0n) is 11.1. The van der Waals surface area contributed by atoms with Gasteiger partial charge in [0.2, 0.25) is 0 Å². The van der Waals surface area contributed by atoms with E-state index in [1.54, 1.807) is 18.2 Å². The summed E-state index contributed by atoms with van der Waals surface area (Å²) < 4.78 is 13.9. The van der Waals surface area contributed by atoms with Gasteiger partial charge >= 0.3 is 0 Å². The molecule has 0 bridgehead atoms. The number of hydrogen-bond donors (Lipinski definition) is 1. The molecule has 0 radical (unpaired) electrons. The number of nitriles is 1. The molecule has 6 heteroatoms. The van der Waals surface area contributed by atoms with Crippen LogP contribution in [0.15, 0.2) is 51.0 Å². The van der Waals surface area contributed by atoms with Crippen LogP contribution >= 0.6 is 27.3 Å². The first-order chi connectivity index (χ1) is 10.6. The summed E-state index contributed by atoms with van der Waals surface area (Å²) in [5, 5.41) is 9.24. The van der Waals surface area contributed by atoms with Gasteiger partial charge in [0.25, 0.3) is 5.56 Å². The van der Waals surface area contributed by atoms with Crippen molar-refractivity contribution in [3.63, 3.8) is 0 Å². The Morgan fingerprint density at radius 1 is 1.18 bits per heavy atom. The predicted molar refractivity (Wildman–Crippen MR) is 88.2 cm³/mol. The molecule has 2 aromatic heterocycles. The van der Waals surface area contributed by atoms with Gasteiger partial charge in [-0.3, -0.25) is 4.79 Å². The lowest BCUT2D eigenvalue weighted by Gasteiger charge is -2.06. The first kappa shape index (κ1) is 14.7. The van der Waals surface area contributed by atoms with Crippen LogP contribution in [0.1, 0.15) is 5.56 Å². The van der Waals surface area contributed by atoms with Gasteiger partial charge < -0.3 is 4.98 Å². The molecule has 0 amide bonds. The van der Waals surface area contributed by atoms with E-state index < -0.39 is 5.56 Å². The zero-order valence-corrected chi connectivity index (χ0v) is 13.5. The number of aromatic amines is 1. The Hall–Kier alpha value is -2.23. The van der Waals surface area contributed by atoms with Crippen molar-refractivity contribution in [1.29, 1.82) is 5.26 Å². The SMILES string of the molecule is N#Cc1c(-c2ccc(Br)s2)cc(-c2ccc(F)cc2)[nH]c1=O. The third-order valence-electron chi connectivity index (χ3n) is 3.14. The van der Waals surface area contributed by atoms with Crippen molar-refractivity contribution in [2.45, 2.75) is 0 Å². The standard InChI is InChI=1S/C16H8BrFN2OS/c17-15-6-5-14(22-15)11-7-13(20-16(21)12(11)8-19)9-1-3-10(18)4-2-9/h1-7H,(H,20,21). The fraction of sp³-hybridized carbons (Fsp3) is 0. The van der Waals surface area contributed by atoms with Gasteiger partial charge in [-0.2, -0.15) is 5.26 Å². The van der Waals surface area contributed by atoms with E-state index in [1.165, 1.54) is 23.5 Å². The number of pyridine rings is 1. The van der Waals surface area contributed by atoms with Crippen LogP contribution < -0.4 is 5.56 Å². The normalized spacial score (nSPS) is 10.4. The molecule has 0 saturated heterocycles. The second-order valence-corrected chi connectivity index (χ2v) is 6.99. The molecule has 1 N–H and O–H groups in total. The van der Waals surface area contributed by atoms with Gasteiger partial charge in [-0.05, 0) is 64.0 Å². The Kier molecular flexibility index (Phi) is 3.92. The van der Waals surface area contributed by atoms with E-state index in [4.69, 9.17) is 0 Å². The smallest absolute Gasteiger partial charge is 0.267 e. The van der Waals surface area contributed by atoms with Crippen molar-refractivity contribution in [2.75, 3.05) is 0 Å². The Balaban J connectivity index is 2.23. The van der Waals surface area contributed by atoms with Crippen LogP contribution in [-0.4, -0.2) is 4.98 Å². The van der Waals surface area contributed by atoms with Gasteiger partial charge in [-0.25, -0.2) is 4.39 Å². The minimum atomic E-state index is -0.455. The van der Waals surface area contributed by atoms with E-state index in [9.17, 15) is 14.4 Å². The highest BCUT2D eigenvalue weighted by atomic mass is 79.9. The van der Waals surface area contributed by atoms with E-state index in [0.29, 0.717) is 16.8 Å². The number of aromatic nitrogens is 1. The molecule has 22 heavy (non-hydrogen) atoms. The third kappa shape index (κ3) is 2.73. The molecule has 0 unspecified atom stereocenters. The first-order valence-corrected chi connectivity index (χ1v) is 7.88. The molecule has 0 saturated carbocycles. The van der Waals surface area contributed by atoms with Crippen LogP contribution in [0.4, 0.5) is 4.39 Å². The lowest BCUT2D eigenvalue weighted by atomic mass is 10.0. The third-order valence-corrected chi connectivity index (χ3v) is 4.80. The zero-order chi connectivity index (χ0) is 15.7. The summed E-state index contributed by atoms with van der Waals surface area (Å²) in [5.41, 5.74) is 1.41. The van der Waals surface area contributed by atoms with E-state index in [-0.39, 0.29) is 11.4 Å². The summed E-state index contributed by atoms with van der Waals surface area (Å²) >= 11 is 4.81. The van der Waals surface area contributed by atoms with E-state index in [0.717, 1.165) is 8.66 Å². The molecule has 0 atom stereocenters. The molecule has 0 fully saturated rings. The van der Waals surface area contributed by atoms with Crippen LogP contribution in [-0.2, 0) is 0 Å². The number of halogens is 2. The van der Waals surface area contributed by atoms with Gasteiger partial charge in [-0.15, -0.1) is 11.3 Å². The van der Waals surface area contributed by atoms with Crippen LogP contribution in [0, 0.1) is 17.1 Å². The van der Waals surface area contributed by atoms with Gasteiger partial charge in [0.15, 0.2) is 0 Å². The molecule has 3 aromatic rings. The highest BCUT2D eigenvalue weighted by molar-refractivity contribution is 9.11. The van der Waals surface area contributed by atoms with Gasteiger partial charge in [0.1, 0.15) is 17.4 Å². The quantitative estimate of drug-likeness (QED) is 0.715. The number of rotatable bonds is 2. The number of nitrogens with zero attached hydrogens (tertiary/aromatic N) is 1. The number of thiophene rings is 1. The lowest BCUT2D eigenvalue weighted by molar-refractivity contribution is 0.628. The van der Waals surface area contributed by atoms with Crippen molar-refractivity contribution in [1.82, 2.24) is 4.98 Å². The summed E-state index contributed by atoms with van der Waals surface area (Å²) in [6.45, 7) is 0. The van der Waals surface area contributed by atoms with Crippen molar-refractivity contribution >= 4 is 27.3 Å². The largest absolute Gasteiger partial charge is 0.321 e. The summed E-state index contributed by atoms with van der Waals surface area (Å²) in [4.78, 5) is 15.6. The maximum absolute atomic E-state index is 13.0. The van der Waals surface area contributed by atoms with Crippen molar-refractivity contribution in [3.8, 4) is 27.8 Å². The topological polar surface area (TPSA) is 56.6 Å².